The first-order chi connectivity index (χ1) is 9.47. The molecule has 0 fully saturated rings. The van der Waals surface area contributed by atoms with Crippen LogP contribution in [0.1, 0.15) is 22.7 Å². The average Bonchev–Trinajstić information content (AvgIpc) is 2.39. The van der Waals surface area contributed by atoms with Crippen LogP contribution in [0.2, 0.25) is 0 Å². The Labute approximate surface area is 124 Å². The molecule has 0 spiro atoms. The Morgan fingerprint density at radius 3 is 2.80 bits per heavy atom. The molecule has 0 bridgehead atoms. The van der Waals surface area contributed by atoms with Gasteiger partial charge in [0.1, 0.15) is 11.7 Å². The highest BCUT2D eigenvalue weighted by Crippen LogP contribution is 2.24. The molecule has 2 aromatic rings. The Kier molecular flexibility index (Phi) is 4.49. The van der Waals surface area contributed by atoms with E-state index in [-0.39, 0.29) is 12.2 Å². The van der Waals surface area contributed by atoms with E-state index in [9.17, 15) is 14.3 Å². The molecule has 0 aliphatic carbocycles. The highest BCUT2D eigenvalue weighted by atomic mass is 79.9. The van der Waals surface area contributed by atoms with Crippen molar-refractivity contribution in [3.8, 4) is 0 Å². The molecule has 0 aliphatic rings. The van der Waals surface area contributed by atoms with Crippen LogP contribution < -0.4 is 0 Å². The fourth-order valence-electron chi connectivity index (χ4n) is 1.97. The Hall–Kier alpha value is -1.75. The summed E-state index contributed by atoms with van der Waals surface area (Å²) in [4.78, 5) is 15.6. The predicted octanol–water partition coefficient (Wildman–Crippen LogP) is 3.70. The predicted molar refractivity (Wildman–Crippen MR) is 77.2 cm³/mol. The van der Waals surface area contributed by atoms with E-state index in [1.807, 2.05) is 6.92 Å². The molecule has 2 rings (SSSR count). The zero-order valence-electron chi connectivity index (χ0n) is 10.8. The van der Waals surface area contributed by atoms with Crippen LogP contribution in [-0.2, 0) is 11.2 Å². The molecule has 1 aromatic heterocycles. The Bertz CT molecular complexity index is 646. The smallest absolute Gasteiger partial charge is 0.312 e. The number of benzene rings is 1. The van der Waals surface area contributed by atoms with Gasteiger partial charge in [0.05, 0.1) is 5.69 Å². The second kappa shape index (κ2) is 6.13. The van der Waals surface area contributed by atoms with Crippen LogP contribution in [0.4, 0.5) is 4.39 Å². The number of carboxylic acid groups (broad SMARTS) is 1. The number of halogens is 2. The summed E-state index contributed by atoms with van der Waals surface area (Å²) in [5.41, 5.74) is 2.03. The van der Waals surface area contributed by atoms with Crippen molar-refractivity contribution in [1.29, 1.82) is 0 Å². The SMILES string of the molecule is Cc1cc(C(Cc2cccc(F)c2)C(=O)O)ncc1Br. The molecule has 0 saturated carbocycles. The van der Waals surface area contributed by atoms with Gasteiger partial charge in [0, 0.05) is 10.7 Å². The standard InChI is InChI=1S/C15H13BrFNO2/c1-9-5-14(18-8-13(9)16)12(15(19)20)7-10-3-2-4-11(17)6-10/h2-6,8,12H,7H2,1H3,(H,19,20). The van der Waals surface area contributed by atoms with E-state index in [0.29, 0.717) is 11.3 Å². The summed E-state index contributed by atoms with van der Waals surface area (Å²) in [7, 11) is 0. The van der Waals surface area contributed by atoms with E-state index in [1.54, 1.807) is 24.4 Å². The fourth-order valence-corrected chi connectivity index (χ4v) is 2.19. The molecular weight excluding hydrogens is 325 g/mol. The van der Waals surface area contributed by atoms with Crippen LogP contribution in [0.15, 0.2) is 41.0 Å². The number of rotatable bonds is 4. The van der Waals surface area contributed by atoms with Crippen LogP contribution in [0, 0.1) is 12.7 Å². The van der Waals surface area contributed by atoms with Gasteiger partial charge in [0.2, 0.25) is 0 Å². The van der Waals surface area contributed by atoms with Crippen molar-refractivity contribution in [2.75, 3.05) is 0 Å². The zero-order chi connectivity index (χ0) is 14.7. The maximum absolute atomic E-state index is 13.2. The van der Waals surface area contributed by atoms with Crippen LogP contribution in [0.25, 0.3) is 0 Å². The van der Waals surface area contributed by atoms with Gasteiger partial charge in [-0.3, -0.25) is 9.78 Å². The summed E-state index contributed by atoms with van der Waals surface area (Å²) in [6.45, 7) is 1.87. The zero-order valence-corrected chi connectivity index (χ0v) is 12.4. The third-order valence-corrected chi connectivity index (χ3v) is 3.88. The highest BCUT2D eigenvalue weighted by Gasteiger charge is 2.22. The van der Waals surface area contributed by atoms with Gasteiger partial charge in [-0.2, -0.15) is 0 Å². The minimum Gasteiger partial charge on any atom is -0.481 e. The summed E-state index contributed by atoms with van der Waals surface area (Å²) in [5.74, 6) is -2.13. The number of pyridine rings is 1. The van der Waals surface area contributed by atoms with E-state index < -0.39 is 11.9 Å². The number of carboxylic acids is 1. The number of aliphatic carboxylic acids is 1. The molecule has 1 unspecified atom stereocenters. The van der Waals surface area contributed by atoms with E-state index in [2.05, 4.69) is 20.9 Å². The van der Waals surface area contributed by atoms with E-state index in [0.717, 1.165) is 10.0 Å². The number of aryl methyl sites for hydroxylation is 1. The van der Waals surface area contributed by atoms with Gasteiger partial charge in [-0.05, 0) is 58.6 Å². The van der Waals surface area contributed by atoms with Crippen molar-refractivity contribution in [2.24, 2.45) is 0 Å². The van der Waals surface area contributed by atoms with Gasteiger partial charge < -0.3 is 5.11 Å². The second-order valence-electron chi connectivity index (χ2n) is 4.58. The molecule has 1 N–H and O–H groups in total. The third kappa shape index (κ3) is 3.42. The Morgan fingerprint density at radius 1 is 1.45 bits per heavy atom. The minimum atomic E-state index is -0.969. The van der Waals surface area contributed by atoms with Gasteiger partial charge in [0.15, 0.2) is 0 Å². The fraction of sp³-hybridized carbons (Fsp3) is 0.200. The summed E-state index contributed by atoms with van der Waals surface area (Å²) in [6, 6.07) is 7.71. The van der Waals surface area contributed by atoms with Crippen LogP contribution in [0.3, 0.4) is 0 Å². The molecule has 0 radical (unpaired) electrons. The molecule has 3 nitrogen and oxygen atoms in total. The molecule has 5 heteroatoms. The summed E-state index contributed by atoms with van der Waals surface area (Å²) < 4.78 is 14.0. The van der Waals surface area contributed by atoms with Gasteiger partial charge in [-0.1, -0.05) is 12.1 Å². The van der Waals surface area contributed by atoms with Crippen LogP contribution >= 0.6 is 15.9 Å². The van der Waals surface area contributed by atoms with E-state index in [4.69, 9.17) is 0 Å². The van der Waals surface area contributed by atoms with Crippen LogP contribution in [-0.4, -0.2) is 16.1 Å². The highest BCUT2D eigenvalue weighted by molar-refractivity contribution is 9.10. The Balaban J connectivity index is 2.32. The molecule has 0 amide bonds. The average molecular weight is 338 g/mol. The van der Waals surface area contributed by atoms with Gasteiger partial charge in [0.25, 0.3) is 0 Å². The molecule has 1 atom stereocenters. The number of hydrogen-bond donors (Lipinski definition) is 1. The molecular formula is C15H13BrFNO2. The van der Waals surface area contributed by atoms with Crippen molar-refractivity contribution in [3.05, 3.63) is 63.6 Å². The quantitative estimate of drug-likeness (QED) is 0.925. The summed E-state index contributed by atoms with van der Waals surface area (Å²) >= 11 is 3.33. The molecule has 0 aliphatic heterocycles. The van der Waals surface area contributed by atoms with Crippen molar-refractivity contribution in [1.82, 2.24) is 4.98 Å². The van der Waals surface area contributed by atoms with E-state index in [1.165, 1.54) is 12.1 Å². The van der Waals surface area contributed by atoms with Crippen molar-refractivity contribution in [2.45, 2.75) is 19.3 Å². The first-order valence-corrected chi connectivity index (χ1v) is 6.86. The van der Waals surface area contributed by atoms with Crippen molar-refractivity contribution >= 4 is 21.9 Å². The molecule has 1 heterocycles. The maximum Gasteiger partial charge on any atom is 0.312 e. The summed E-state index contributed by atoms with van der Waals surface area (Å²) in [5, 5.41) is 9.37. The lowest BCUT2D eigenvalue weighted by molar-refractivity contribution is -0.138. The minimum absolute atomic E-state index is 0.209. The first-order valence-electron chi connectivity index (χ1n) is 6.06. The van der Waals surface area contributed by atoms with E-state index >= 15 is 0 Å². The topological polar surface area (TPSA) is 50.2 Å². The number of hydrogen-bond acceptors (Lipinski definition) is 2. The van der Waals surface area contributed by atoms with Crippen molar-refractivity contribution < 1.29 is 14.3 Å². The van der Waals surface area contributed by atoms with Gasteiger partial charge in [-0.15, -0.1) is 0 Å². The molecule has 20 heavy (non-hydrogen) atoms. The van der Waals surface area contributed by atoms with Crippen LogP contribution in [0.5, 0.6) is 0 Å². The number of carbonyl (C=O) groups is 1. The monoisotopic (exact) mass is 337 g/mol. The summed E-state index contributed by atoms with van der Waals surface area (Å²) in [6.07, 6.45) is 1.80. The molecule has 0 saturated heterocycles. The lowest BCUT2D eigenvalue weighted by Crippen LogP contribution is -2.16. The largest absolute Gasteiger partial charge is 0.481 e. The number of nitrogens with zero attached hydrogens (tertiary/aromatic N) is 1. The lowest BCUT2D eigenvalue weighted by Gasteiger charge is -2.13. The van der Waals surface area contributed by atoms with Gasteiger partial charge >= 0.3 is 5.97 Å². The Morgan fingerprint density at radius 2 is 2.20 bits per heavy atom. The van der Waals surface area contributed by atoms with Gasteiger partial charge in [-0.25, -0.2) is 4.39 Å². The number of aromatic nitrogens is 1. The maximum atomic E-state index is 13.2. The third-order valence-electron chi connectivity index (χ3n) is 3.05. The first kappa shape index (κ1) is 14.7. The van der Waals surface area contributed by atoms with Crippen molar-refractivity contribution in [3.63, 3.8) is 0 Å². The normalized spacial score (nSPS) is 12.2. The molecule has 104 valence electrons. The lowest BCUT2D eigenvalue weighted by atomic mass is 9.95. The second-order valence-corrected chi connectivity index (χ2v) is 5.44. The molecule has 1 aromatic carbocycles.